The van der Waals surface area contributed by atoms with Crippen LogP contribution in [0.1, 0.15) is 39.0 Å². The van der Waals surface area contributed by atoms with E-state index in [-0.39, 0.29) is 6.04 Å². The number of nitriles is 1. The summed E-state index contributed by atoms with van der Waals surface area (Å²) in [4.78, 5) is 2.12. The van der Waals surface area contributed by atoms with Gasteiger partial charge >= 0.3 is 0 Å². The van der Waals surface area contributed by atoms with Crippen molar-refractivity contribution in [1.29, 1.82) is 5.26 Å². The lowest BCUT2D eigenvalue weighted by atomic mass is 9.91. The van der Waals surface area contributed by atoms with Gasteiger partial charge in [0.05, 0.1) is 6.07 Å². The van der Waals surface area contributed by atoms with Gasteiger partial charge in [-0.3, -0.25) is 0 Å². The van der Waals surface area contributed by atoms with Gasteiger partial charge < -0.3 is 4.90 Å². The summed E-state index contributed by atoms with van der Waals surface area (Å²) >= 11 is 0. The fourth-order valence-corrected chi connectivity index (χ4v) is 4.78. The Kier molecular flexibility index (Phi) is 4.69. The van der Waals surface area contributed by atoms with Gasteiger partial charge in [-0.15, -0.1) is 0 Å². The van der Waals surface area contributed by atoms with E-state index in [2.05, 4.69) is 15.7 Å². The lowest BCUT2D eigenvalue weighted by Gasteiger charge is -2.39. The molecule has 2 rings (SSSR count). The van der Waals surface area contributed by atoms with Crippen LogP contribution in [0.5, 0.6) is 0 Å². The summed E-state index contributed by atoms with van der Waals surface area (Å²) in [5, 5.41) is 9.44. The maximum absolute atomic E-state index is 12.6. The molecular weight excluding hydrogens is 276 g/mol. The van der Waals surface area contributed by atoms with Gasteiger partial charge in [0.25, 0.3) is 10.2 Å². The molecule has 0 radical (unpaired) electrons. The monoisotopic (exact) mass is 300 g/mol. The van der Waals surface area contributed by atoms with Gasteiger partial charge in [0.1, 0.15) is 5.54 Å². The number of piperidine rings is 2. The molecule has 0 amide bonds. The van der Waals surface area contributed by atoms with E-state index in [9.17, 15) is 13.7 Å². The van der Waals surface area contributed by atoms with Gasteiger partial charge in [-0.2, -0.15) is 22.7 Å². The molecule has 1 atom stereocenters. The molecule has 2 heterocycles. The summed E-state index contributed by atoms with van der Waals surface area (Å²) in [7, 11) is -1.59. The van der Waals surface area contributed by atoms with Crippen LogP contribution >= 0.6 is 0 Å². The van der Waals surface area contributed by atoms with Crippen LogP contribution in [0.3, 0.4) is 0 Å². The average molecular weight is 300 g/mol. The highest BCUT2D eigenvalue weighted by Gasteiger charge is 2.40. The molecule has 0 aromatic carbocycles. The van der Waals surface area contributed by atoms with Gasteiger partial charge in [0, 0.05) is 25.7 Å². The van der Waals surface area contributed by atoms with E-state index in [0.717, 1.165) is 32.4 Å². The van der Waals surface area contributed by atoms with Gasteiger partial charge in [-0.1, -0.05) is 6.42 Å². The molecule has 0 spiro atoms. The van der Waals surface area contributed by atoms with Gasteiger partial charge in [-0.05, 0) is 39.7 Å². The van der Waals surface area contributed by atoms with E-state index in [1.807, 2.05) is 14.0 Å². The van der Waals surface area contributed by atoms with E-state index in [4.69, 9.17) is 0 Å². The normalized spacial score (nSPS) is 28.9. The average Bonchev–Trinajstić information content (AvgIpc) is 2.42. The van der Waals surface area contributed by atoms with Crippen molar-refractivity contribution in [2.75, 3.05) is 26.7 Å². The first-order valence-electron chi connectivity index (χ1n) is 7.29. The first kappa shape index (κ1) is 15.7. The third-order valence-corrected chi connectivity index (χ3v) is 6.24. The molecule has 2 aliphatic heterocycles. The summed E-state index contributed by atoms with van der Waals surface area (Å²) in [6, 6.07) is 2.22. The second-order valence-corrected chi connectivity index (χ2v) is 7.68. The Labute approximate surface area is 121 Å². The number of nitrogens with zero attached hydrogens (tertiary/aromatic N) is 3. The SMILES string of the molecule is CC1CCCCN1S(=O)(=O)NC1(C#N)CCN(C)CC1. The lowest BCUT2D eigenvalue weighted by molar-refractivity contribution is 0.205. The van der Waals surface area contributed by atoms with Crippen molar-refractivity contribution in [2.24, 2.45) is 0 Å². The number of nitrogens with one attached hydrogen (secondary N) is 1. The minimum Gasteiger partial charge on any atom is -0.306 e. The van der Waals surface area contributed by atoms with E-state index in [1.54, 1.807) is 0 Å². The Balaban J connectivity index is 2.12. The largest absolute Gasteiger partial charge is 0.306 e. The molecule has 2 fully saturated rings. The smallest absolute Gasteiger partial charge is 0.281 e. The molecule has 0 saturated carbocycles. The van der Waals surface area contributed by atoms with Crippen molar-refractivity contribution in [2.45, 2.75) is 50.6 Å². The molecule has 0 bridgehead atoms. The zero-order valence-electron chi connectivity index (χ0n) is 12.3. The van der Waals surface area contributed by atoms with E-state index in [0.29, 0.717) is 19.4 Å². The second-order valence-electron chi connectivity index (χ2n) is 6.06. The molecule has 1 unspecified atom stereocenters. The van der Waals surface area contributed by atoms with E-state index in [1.165, 1.54) is 4.31 Å². The summed E-state index contributed by atoms with van der Waals surface area (Å²) < 4.78 is 29.3. The molecule has 114 valence electrons. The molecule has 0 aliphatic carbocycles. The zero-order chi connectivity index (χ0) is 14.8. The maximum Gasteiger partial charge on any atom is 0.281 e. The standard InChI is InChI=1S/C13H24N4O2S/c1-12-5-3-4-8-17(12)20(18,19)15-13(11-14)6-9-16(2)10-7-13/h12,15H,3-10H2,1-2H3. The first-order chi connectivity index (χ1) is 9.38. The summed E-state index contributed by atoms with van der Waals surface area (Å²) in [6.07, 6.45) is 3.95. The Morgan fingerprint density at radius 3 is 2.45 bits per heavy atom. The molecule has 1 N–H and O–H groups in total. The summed E-state index contributed by atoms with van der Waals surface area (Å²) in [6.45, 7) is 3.97. The van der Waals surface area contributed by atoms with Crippen molar-refractivity contribution in [3.05, 3.63) is 0 Å². The Hall–Kier alpha value is -0.680. The Morgan fingerprint density at radius 2 is 1.90 bits per heavy atom. The molecular formula is C13H24N4O2S. The zero-order valence-corrected chi connectivity index (χ0v) is 13.1. The third-order valence-electron chi connectivity index (χ3n) is 4.43. The second kappa shape index (κ2) is 5.98. The highest BCUT2D eigenvalue weighted by molar-refractivity contribution is 7.87. The van der Waals surface area contributed by atoms with Crippen molar-refractivity contribution >= 4 is 10.2 Å². The highest BCUT2D eigenvalue weighted by Crippen LogP contribution is 2.25. The minimum absolute atomic E-state index is 0.0169. The van der Waals surface area contributed by atoms with Crippen LogP contribution in [0.2, 0.25) is 0 Å². The van der Waals surface area contributed by atoms with Crippen LogP contribution in [0.15, 0.2) is 0 Å². The molecule has 20 heavy (non-hydrogen) atoms. The van der Waals surface area contributed by atoms with Crippen molar-refractivity contribution in [3.8, 4) is 6.07 Å². The molecule has 7 heteroatoms. The molecule has 6 nitrogen and oxygen atoms in total. The maximum atomic E-state index is 12.6. The van der Waals surface area contributed by atoms with Crippen LogP contribution in [-0.4, -0.2) is 55.9 Å². The number of hydrogen-bond acceptors (Lipinski definition) is 4. The van der Waals surface area contributed by atoms with E-state index < -0.39 is 15.7 Å². The van der Waals surface area contributed by atoms with Crippen LogP contribution in [0.25, 0.3) is 0 Å². The van der Waals surface area contributed by atoms with Gasteiger partial charge in [-0.25, -0.2) is 0 Å². The molecule has 2 aliphatic rings. The van der Waals surface area contributed by atoms with Crippen molar-refractivity contribution < 1.29 is 8.42 Å². The first-order valence-corrected chi connectivity index (χ1v) is 8.73. The van der Waals surface area contributed by atoms with Crippen LogP contribution in [0, 0.1) is 11.3 Å². The fourth-order valence-electron chi connectivity index (χ4n) is 2.97. The third kappa shape index (κ3) is 3.31. The fraction of sp³-hybridized carbons (Fsp3) is 0.923. The van der Waals surface area contributed by atoms with Gasteiger partial charge in [0.15, 0.2) is 0 Å². The predicted molar refractivity (Wildman–Crippen MR) is 77.1 cm³/mol. The Morgan fingerprint density at radius 1 is 1.25 bits per heavy atom. The van der Waals surface area contributed by atoms with Gasteiger partial charge in [0.2, 0.25) is 0 Å². The number of rotatable bonds is 3. The number of hydrogen-bond donors (Lipinski definition) is 1. The highest BCUT2D eigenvalue weighted by atomic mass is 32.2. The summed E-state index contributed by atoms with van der Waals surface area (Å²) in [5.74, 6) is 0. The van der Waals surface area contributed by atoms with Crippen LogP contribution < -0.4 is 4.72 Å². The Bertz CT molecular complexity index is 477. The quantitative estimate of drug-likeness (QED) is 0.831. The topological polar surface area (TPSA) is 76.4 Å². The predicted octanol–water partition coefficient (Wildman–Crippen LogP) is 0.683. The van der Waals surface area contributed by atoms with Crippen molar-refractivity contribution in [1.82, 2.24) is 13.9 Å². The van der Waals surface area contributed by atoms with Crippen LogP contribution in [0.4, 0.5) is 0 Å². The molecule has 0 aromatic rings. The molecule has 2 saturated heterocycles. The minimum atomic E-state index is -3.58. The van der Waals surface area contributed by atoms with Crippen molar-refractivity contribution in [3.63, 3.8) is 0 Å². The number of likely N-dealkylation sites (tertiary alicyclic amines) is 1. The van der Waals surface area contributed by atoms with Crippen LogP contribution in [-0.2, 0) is 10.2 Å². The lowest BCUT2D eigenvalue weighted by Crippen LogP contribution is -2.58. The summed E-state index contributed by atoms with van der Waals surface area (Å²) in [5.41, 5.74) is -0.942. The molecule has 0 aromatic heterocycles. The van der Waals surface area contributed by atoms with E-state index >= 15 is 0 Å².